The molecule has 0 aromatic carbocycles. The summed E-state index contributed by atoms with van der Waals surface area (Å²) < 4.78 is 0. The summed E-state index contributed by atoms with van der Waals surface area (Å²) in [5.74, 6) is 1.88. The fourth-order valence-electron chi connectivity index (χ4n) is 3.27. The molecule has 2 fully saturated rings. The van der Waals surface area contributed by atoms with Crippen LogP contribution in [0.2, 0.25) is 0 Å². The Balaban J connectivity index is 0.00000162. The third kappa shape index (κ3) is 5.43. The van der Waals surface area contributed by atoms with Crippen molar-refractivity contribution in [2.75, 3.05) is 53.4 Å². The van der Waals surface area contributed by atoms with E-state index < -0.39 is 0 Å². The second-order valence-corrected chi connectivity index (χ2v) is 6.16. The SMILES string of the molecule is CN1CCC(CN(C)CC2CCNCC2)CC1.Cl. The van der Waals surface area contributed by atoms with Gasteiger partial charge in [-0.3, -0.25) is 0 Å². The van der Waals surface area contributed by atoms with Crippen LogP contribution >= 0.6 is 12.4 Å². The van der Waals surface area contributed by atoms with Gasteiger partial charge >= 0.3 is 0 Å². The van der Waals surface area contributed by atoms with Crippen LogP contribution in [0.4, 0.5) is 0 Å². The highest BCUT2D eigenvalue weighted by molar-refractivity contribution is 5.85. The number of hydrogen-bond donors (Lipinski definition) is 1. The predicted octanol–water partition coefficient (Wildman–Crippen LogP) is 1.68. The first kappa shape index (κ1) is 16.2. The van der Waals surface area contributed by atoms with E-state index in [-0.39, 0.29) is 12.4 Å². The maximum atomic E-state index is 3.45. The summed E-state index contributed by atoms with van der Waals surface area (Å²) >= 11 is 0. The molecule has 0 saturated carbocycles. The summed E-state index contributed by atoms with van der Waals surface area (Å²) in [6.45, 7) is 7.68. The Kier molecular flexibility index (Phi) is 7.54. The number of piperidine rings is 2. The Labute approximate surface area is 119 Å². The van der Waals surface area contributed by atoms with Crippen LogP contribution in [-0.2, 0) is 0 Å². The molecule has 0 aromatic heterocycles. The number of rotatable bonds is 4. The molecule has 18 heavy (non-hydrogen) atoms. The Morgan fingerprint density at radius 3 is 2.06 bits per heavy atom. The standard InChI is InChI=1S/C14H29N3.ClH/c1-16-9-5-14(6-10-16)12-17(2)11-13-3-7-15-8-4-13;/h13-15H,3-12H2,1-2H3;1H. The largest absolute Gasteiger partial charge is 0.317 e. The van der Waals surface area contributed by atoms with Crippen LogP contribution in [0.1, 0.15) is 25.7 Å². The summed E-state index contributed by atoms with van der Waals surface area (Å²) in [4.78, 5) is 5.05. The van der Waals surface area contributed by atoms with Crippen molar-refractivity contribution in [3.63, 3.8) is 0 Å². The second-order valence-electron chi connectivity index (χ2n) is 6.16. The summed E-state index contributed by atoms with van der Waals surface area (Å²) in [6.07, 6.45) is 5.54. The minimum Gasteiger partial charge on any atom is -0.317 e. The average molecular weight is 276 g/mol. The van der Waals surface area contributed by atoms with E-state index in [0.29, 0.717) is 0 Å². The van der Waals surface area contributed by atoms with Crippen molar-refractivity contribution in [2.45, 2.75) is 25.7 Å². The first-order chi connectivity index (χ1) is 8.24. The van der Waals surface area contributed by atoms with Gasteiger partial charge in [-0.05, 0) is 77.8 Å². The van der Waals surface area contributed by atoms with E-state index in [4.69, 9.17) is 0 Å². The number of hydrogen-bond acceptors (Lipinski definition) is 3. The van der Waals surface area contributed by atoms with Crippen molar-refractivity contribution < 1.29 is 0 Å². The molecule has 0 bridgehead atoms. The quantitative estimate of drug-likeness (QED) is 0.842. The fraction of sp³-hybridized carbons (Fsp3) is 1.00. The maximum absolute atomic E-state index is 3.45. The van der Waals surface area contributed by atoms with E-state index in [1.165, 1.54) is 65.0 Å². The lowest BCUT2D eigenvalue weighted by Crippen LogP contribution is -2.39. The molecule has 4 heteroatoms. The topological polar surface area (TPSA) is 18.5 Å². The Morgan fingerprint density at radius 2 is 1.50 bits per heavy atom. The summed E-state index contributed by atoms with van der Waals surface area (Å²) in [5.41, 5.74) is 0. The molecule has 0 unspecified atom stereocenters. The van der Waals surface area contributed by atoms with Gasteiger partial charge in [-0.15, -0.1) is 12.4 Å². The van der Waals surface area contributed by atoms with Gasteiger partial charge in [0, 0.05) is 13.1 Å². The van der Waals surface area contributed by atoms with Crippen LogP contribution in [0, 0.1) is 11.8 Å². The number of halogens is 1. The van der Waals surface area contributed by atoms with Crippen LogP contribution < -0.4 is 5.32 Å². The number of nitrogens with zero attached hydrogens (tertiary/aromatic N) is 2. The van der Waals surface area contributed by atoms with Crippen LogP contribution in [0.5, 0.6) is 0 Å². The van der Waals surface area contributed by atoms with Crippen LogP contribution in [-0.4, -0.2) is 63.2 Å². The van der Waals surface area contributed by atoms with E-state index in [2.05, 4.69) is 29.2 Å². The molecule has 3 nitrogen and oxygen atoms in total. The Hall–Kier alpha value is 0.170. The molecule has 2 aliphatic rings. The lowest BCUT2D eigenvalue weighted by atomic mass is 9.94. The highest BCUT2D eigenvalue weighted by Crippen LogP contribution is 2.19. The minimum absolute atomic E-state index is 0. The number of likely N-dealkylation sites (tertiary alicyclic amines) is 1. The average Bonchev–Trinajstić information content (AvgIpc) is 2.33. The van der Waals surface area contributed by atoms with Gasteiger partial charge < -0.3 is 15.1 Å². The molecule has 2 saturated heterocycles. The molecule has 108 valence electrons. The molecule has 0 aliphatic carbocycles. The maximum Gasteiger partial charge on any atom is 0.000767 e. The van der Waals surface area contributed by atoms with Crippen molar-refractivity contribution >= 4 is 12.4 Å². The third-order valence-electron chi connectivity index (χ3n) is 4.44. The first-order valence-electron chi connectivity index (χ1n) is 7.32. The summed E-state index contributed by atoms with van der Waals surface area (Å²) in [5, 5.41) is 3.45. The first-order valence-corrected chi connectivity index (χ1v) is 7.32. The molecule has 0 atom stereocenters. The molecular weight excluding hydrogens is 246 g/mol. The number of nitrogens with one attached hydrogen (secondary N) is 1. The molecule has 0 radical (unpaired) electrons. The van der Waals surface area contributed by atoms with E-state index in [1.807, 2.05) is 0 Å². The lowest BCUT2D eigenvalue weighted by molar-refractivity contribution is 0.158. The molecule has 2 aliphatic heterocycles. The third-order valence-corrected chi connectivity index (χ3v) is 4.44. The molecular formula is C14H30ClN3. The van der Waals surface area contributed by atoms with E-state index >= 15 is 0 Å². The molecule has 2 heterocycles. The zero-order valence-corrected chi connectivity index (χ0v) is 12.8. The minimum atomic E-state index is 0. The van der Waals surface area contributed by atoms with Gasteiger partial charge in [-0.1, -0.05) is 0 Å². The van der Waals surface area contributed by atoms with Gasteiger partial charge in [0.25, 0.3) is 0 Å². The lowest BCUT2D eigenvalue weighted by Gasteiger charge is -2.33. The van der Waals surface area contributed by atoms with Gasteiger partial charge in [0.05, 0.1) is 0 Å². The Morgan fingerprint density at radius 1 is 1.00 bits per heavy atom. The zero-order chi connectivity index (χ0) is 12.1. The van der Waals surface area contributed by atoms with E-state index in [1.54, 1.807) is 0 Å². The van der Waals surface area contributed by atoms with Crippen molar-refractivity contribution in [3.05, 3.63) is 0 Å². The smallest absolute Gasteiger partial charge is 0.000767 e. The molecule has 0 amide bonds. The van der Waals surface area contributed by atoms with Gasteiger partial charge in [0.1, 0.15) is 0 Å². The van der Waals surface area contributed by atoms with Crippen LogP contribution in [0.25, 0.3) is 0 Å². The summed E-state index contributed by atoms with van der Waals surface area (Å²) in [6, 6.07) is 0. The molecule has 1 N–H and O–H groups in total. The molecule has 0 aromatic rings. The second kappa shape index (κ2) is 8.36. The Bertz CT molecular complexity index is 211. The highest BCUT2D eigenvalue weighted by Gasteiger charge is 2.20. The van der Waals surface area contributed by atoms with Crippen molar-refractivity contribution in [1.29, 1.82) is 0 Å². The predicted molar refractivity (Wildman–Crippen MR) is 80.6 cm³/mol. The van der Waals surface area contributed by atoms with Crippen molar-refractivity contribution in [3.8, 4) is 0 Å². The van der Waals surface area contributed by atoms with Crippen LogP contribution in [0.15, 0.2) is 0 Å². The van der Waals surface area contributed by atoms with E-state index in [0.717, 1.165) is 11.8 Å². The monoisotopic (exact) mass is 275 g/mol. The van der Waals surface area contributed by atoms with Gasteiger partial charge in [0.15, 0.2) is 0 Å². The van der Waals surface area contributed by atoms with Gasteiger partial charge in [0.2, 0.25) is 0 Å². The summed E-state index contributed by atoms with van der Waals surface area (Å²) in [7, 11) is 4.56. The van der Waals surface area contributed by atoms with E-state index in [9.17, 15) is 0 Å². The van der Waals surface area contributed by atoms with Crippen molar-refractivity contribution in [1.82, 2.24) is 15.1 Å². The van der Waals surface area contributed by atoms with Gasteiger partial charge in [-0.25, -0.2) is 0 Å². The molecule has 2 rings (SSSR count). The van der Waals surface area contributed by atoms with Crippen molar-refractivity contribution in [2.24, 2.45) is 11.8 Å². The normalized spacial score (nSPS) is 24.2. The zero-order valence-electron chi connectivity index (χ0n) is 12.0. The fourth-order valence-corrected chi connectivity index (χ4v) is 3.27. The molecule has 0 spiro atoms. The van der Waals surface area contributed by atoms with Gasteiger partial charge in [-0.2, -0.15) is 0 Å². The van der Waals surface area contributed by atoms with Crippen LogP contribution in [0.3, 0.4) is 0 Å². The highest BCUT2D eigenvalue weighted by atomic mass is 35.5.